The Morgan fingerprint density at radius 1 is 1.09 bits per heavy atom. The van der Waals surface area contributed by atoms with Crippen LogP contribution in [0.1, 0.15) is 46.5 Å². The van der Waals surface area contributed by atoms with Gasteiger partial charge in [-0.1, -0.05) is 32.9 Å². The maximum atomic E-state index is 6.09. The lowest BCUT2D eigenvalue weighted by Crippen LogP contribution is -2.37. The molecular weight excluding hydrogens is 134 g/mol. The van der Waals surface area contributed by atoms with Gasteiger partial charge in [0, 0.05) is 5.54 Å². The van der Waals surface area contributed by atoms with Crippen LogP contribution < -0.4 is 5.73 Å². The van der Waals surface area contributed by atoms with Gasteiger partial charge in [0.15, 0.2) is 0 Å². The number of hydrogen-bond acceptors (Lipinski definition) is 1. The molecular formula is C10H21N. The highest BCUT2D eigenvalue weighted by atomic mass is 14.7. The first-order valence-electron chi connectivity index (χ1n) is 4.62. The van der Waals surface area contributed by atoms with E-state index in [1.165, 1.54) is 0 Å². The Balaban J connectivity index is 3.77. The first-order valence-corrected chi connectivity index (χ1v) is 4.62. The fourth-order valence-corrected chi connectivity index (χ4v) is 1.02. The van der Waals surface area contributed by atoms with E-state index >= 15 is 0 Å². The first kappa shape index (κ1) is 10.7. The quantitative estimate of drug-likeness (QED) is 0.607. The topological polar surface area (TPSA) is 26.0 Å². The summed E-state index contributed by atoms with van der Waals surface area (Å²) in [6.07, 6.45) is 8.66. The Kier molecular flexibility index (Phi) is 5.22. The van der Waals surface area contributed by atoms with Crippen LogP contribution in [-0.2, 0) is 0 Å². The molecule has 0 saturated heterocycles. The minimum absolute atomic E-state index is 0.0473. The van der Waals surface area contributed by atoms with E-state index in [-0.39, 0.29) is 5.54 Å². The summed E-state index contributed by atoms with van der Waals surface area (Å²) in [5.74, 6) is 0. The SMILES string of the molecule is CCC=CCC(N)(CC)CC. The Morgan fingerprint density at radius 3 is 2.00 bits per heavy atom. The van der Waals surface area contributed by atoms with Crippen molar-refractivity contribution < 1.29 is 0 Å². The smallest absolute Gasteiger partial charge is 0.0183 e. The van der Waals surface area contributed by atoms with Crippen LogP contribution in [0.5, 0.6) is 0 Å². The summed E-state index contributed by atoms with van der Waals surface area (Å²) in [7, 11) is 0. The fourth-order valence-electron chi connectivity index (χ4n) is 1.02. The van der Waals surface area contributed by atoms with Crippen molar-refractivity contribution in [1.29, 1.82) is 0 Å². The van der Waals surface area contributed by atoms with Crippen LogP contribution in [0.2, 0.25) is 0 Å². The van der Waals surface area contributed by atoms with Gasteiger partial charge in [0.2, 0.25) is 0 Å². The number of rotatable bonds is 5. The molecule has 0 aliphatic rings. The summed E-state index contributed by atoms with van der Waals surface area (Å²) < 4.78 is 0. The largest absolute Gasteiger partial charge is 0.325 e. The van der Waals surface area contributed by atoms with Crippen LogP contribution in [0.25, 0.3) is 0 Å². The molecule has 0 bridgehead atoms. The maximum Gasteiger partial charge on any atom is 0.0183 e. The molecule has 0 rings (SSSR count). The molecule has 0 aromatic rings. The predicted octanol–water partition coefficient (Wildman–Crippen LogP) is 2.86. The van der Waals surface area contributed by atoms with Gasteiger partial charge in [0.1, 0.15) is 0 Å². The molecule has 0 aromatic heterocycles. The zero-order chi connectivity index (χ0) is 8.74. The molecule has 0 fully saturated rings. The lowest BCUT2D eigenvalue weighted by atomic mass is 9.90. The Morgan fingerprint density at radius 2 is 1.64 bits per heavy atom. The molecule has 0 spiro atoms. The van der Waals surface area contributed by atoms with Crippen LogP contribution in [-0.4, -0.2) is 5.54 Å². The summed E-state index contributed by atoms with van der Waals surface area (Å²) in [6.45, 7) is 6.46. The summed E-state index contributed by atoms with van der Waals surface area (Å²) in [6, 6.07) is 0. The Labute approximate surface area is 70.7 Å². The van der Waals surface area contributed by atoms with Gasteiger partial charge in [-0.2, -0.15) is 0 Å². The Hall–Kier alpha value is -0.300. The second-order valence-electron chi connectivity index (χ2n) is 3.15. The minimum atomic E-state index is 0.0473. The number of nitrogens with two attached hydrogens (primary N) is 1. The van der Waals surface area contributed by atoms with E-state index in [9.17, 15) is 0 Å². The van der Waals surface area contributed by atoms with Gasteiger partial charge in [-0.15, -0.1) is 0 Å². The van der Waals surface area contributed by atoms with Crippen LogP contribution in [0.4, 0.5) is 0 Å². The molecule has 0 aliphatic carbocycles. The van der Waals surface area contributed by atoms with Gasteiger partial charge < -0.3 is 5.73 Å². The van der Waals surface area contributed by atoms with Crippen molar-refractivity contribution in [3.8, 4) is 0 Å². The van der Waals surface area contributed by atoms with Crippen LogP contribution in [0.15, 0.2) is 12.2 Å². The molecule has 0 amide bonds. The third-order valence-electron chi connectivity index (χ3n) is 2.33. The molecule has 0 aliphatic heterocycles. The van der Waals surface area contributed by atoms with E-state index in [0.29, 0.717) is 0 Å². The lowest BCUT2D eigenvalue weighted by molar-refractivity contribution is 0.400. The van der Waals surface area contributed by atoms with Crippen LogP contribution in [0, 0.1) is 0 Å². The van der Waals surface area contributed by atoms with Crippen molar-refractivity contribution in [3.63, 3.8) is 0 Å². The molecule has 66 valence electrons. The number of hydrogen-bond donors (Lipinski definition) is 1. The standard InChI is InChI=1S/C10H21N/c1-4-7-8-9-10(11,5-2)6-3/h7-8H,4-6,9,11H2,1-3H3. The molecule has 0 aromatic carbocycles. The maximum absolute atomic E-state index is 6.09. The van der Waals surface area contributed by atoms with E-state index in [0.717, 1.165) is 25.7 Å². The highest BCUT2D eigenvalue weighted by Gasteiger charge is 2.17. The molecule has 11 heavy (non-hydrogen) atoms. The van der Waals surface area contributed by atoms with E-state index in [4.69, 9.17) is 5.73 Å². The zero-order valence-electron chi connectivity index (χ0n) is 8.06. The molecule has 0 unspecified atom stereocenters. The molecule has 2 N–H and O–H groups in total. The molecule has 0 atom stereocenters. The van der Waals surface area contributed by atoms with Crippen molar-refractivity contribution in [2.75, 3.05) is 0 Å². The average Bonchev–Trinajstić information content (AvgIpc) is 2.05. The predicted molar refractivity (Wildman–Crippen MR) is 51.5 cm³/mol. The van der Waals surface area contributed by atoms with Gasteiger partial charge in [0.05, 0.1) is 0 Å². The van der Waals surface area contributed by atoms with Gasteiger partial charge in [-0.25, -0.2) is 0 Å². The number of allylic oxidation sites excluding steroid dienone is 1. The normalized spacial score (nSPS) is 12.7. The second-order valence-corrected chi connectivity index (χ2v) is 3.15. The highest BCUT2D eigenvalue weighted by molar-refractivity contribution is 4.92. The summed E-state index contributed by atoms with van der Waals surface area (Å²) >= 11 is 0. The van der Waals surface area contributed by atoms with Crippen molar-refractivity contribution in [3.05, 3.63) is 12.2 Å². The van der Waals surface area contributed by atoms with Crippen LogP contribution in [0.3, 0.4) is 0 Å². The summed E-state index contributed by atoms with van der Waals surface area (Å²) in [4.78, 5) is 0. The molecule has 1 heteroatoms. The van der Waals surface area contributed by atoms with Gasteiger partial charge in [0.25, 0.3) is 0 Å². The van der Waals surface area contributed by atoms with E-state index in [1.807, 2.05) is 0 Å². The van der Waals surface area contributed by atoms with Crippen molar-refractivity contribution in [2.24, 2.45) is 5.73 Å². The third kappa shape index (κ3) is 4.20. The monoisotopic (exact) mass is 155 g/mol. The highest BCUT2D eigenvalue weighted by Crippen LogP contribution is 2.16. The zero-order valence-corrected chi connectivity index (χ0v) is 8.06. The lowest BCUT2D eigenvalue weighted by Gasteiger charge is -2.24. The molecule has 0 saturated carbocycles. The Bertz CT molecular complexity index is 112. The van der Waals surface area contributed by atoms with Crippen molar-refractivity contribution >= 4 is 0 Å². The summed E-state index contributed by atoms with van der Waals surface area (Å²) in [5, 5.41) is 0. The molecule has 0 heterocycles. The van der Waals surface area contributed by atoms with E-state index in [2.05, 4.69) is 32.9 Å². The van der Waals surface area contributed by atoms with E-state index < -0.39 is 0 Å². The van der Waals surface area contributed by atoms with Crippen LogP contribution >= 0.6 is 0 Å². The fraction of sp³-hybridized carbons (Fsp3) is 0.800. The van der Waals surface area contributed by atoms with Crippen molar-refractivity contribution in [2.45, 2.75) is 52.0 Å². The van der Waals surface area contributed by atoms with E-state index in [1.54, 1.807) is 0 Å². The third-order valence-corrected chi connectivity index (χ3v) is 2.33. The summed E-state index contributed by atoms with van der Waals surface area (Å²) in [5.41, 5.74) is 6.13. The molecule has 0 radical (unpaired) electrons. The first-order chi connectivity index (χ1) is 5.18. The van der Waals surface area contributed by atoms with Crippen molar-refractivity contribution in [1.82, 2.24) is 0 Å². The minimum Gasteiger partial charge on any atom is -0.325 e. The average molecular weight is 155 g/mol. The van der Waals surface area contributed by atoms with Gasteiger partial charge in [-0.3, -0.25) is 0 Å². The van der Waals surface area contributed by atoms with Gasteiger partial charge in [-0.05, 0) is 25.7 Å². The van der Waals surface area contributed by atoms with Gasteiger partial charge >= 0.3 is 0 Å². The second kappa shape index (κ2) is 5.36. The molecule has 1 nitrogen and oxygen atoms in total.